The first-order valence-electron chi connectivity index (χ1n) is 6.24. The van der Waals surface area contributed by atoms with Gasteiger partial charge in [0.15, 0.2) is 0 Å². The van der Waals surface area contributed by atoms with Crippen LogP contribution >= 0.6 is 0 Å². The van der Waals surface area contributed by atoms with Crippen LogP contribution in [0.2, 0.25) is 0 Å². The molecule has 0 aromatic carbocycles. The molecule has 1 aliphatic heterocycles. The fraction of sp³-hybridized carbons (Fsp3) is 0.769. The van der Waals surface area contributed by atoms with Crippen LogP contribution in [0.15, 0.2) is 11.8 Å². The molecule has 0 aromatic rings. The summed E-state index contributed by atoms with van der Waals surface area (Å²) in [6.07, 6.45) is 6.30. The molecule has 92 valence electrons. The largest absolute Gasteiger partial charge is 0.469 e. The molecule has 0 N–H and O–H groups in total. The number of carbonyl (C=O) groups excluding carboxylic acids is 1. The van der Waals surface area contributed by atoms with Crippen LogP contribution in [0.25, 0.3) is 0 Å². The zero-order valence-electron chi connectivity index (χ0n) is 10.7. The monoisotopic (exact) mass is 225 g/mol. The molecule has 1 fully saturated rings. The van der Waals surface area contributed by atoms with Gasteiger partial charge in [0.2, 0.25) is 0 Å². The molecule has 0 bridgehead atoms. The van der Waals surface area contributed by atoms with Gasteiger partial charge in [0, 0.05) is 18.8 Å². The lowest BCUT2D eigenvalue weighted by molar-refractivity contribution is -0.146. The minimum atomic E-state index is -0.0443. The van der Waals surface area contributed by atoms with Crippen LogP contribution in [0.1, 0.15) is 39.5 Å². The smallest absolute Gasteiger partial charge is 0.308 e. The van der Waals surface area contributed by atoms with Crippen LogP contribution in [0.5, 0.6) is 0 Å². The number of hydrogen-bond donors (Lipinski definition) is 0. The maximum absolute atomic E-state index is 11.4. The molecule has 0 aliphatic carbocycles. The van der Waals surface area contributed by atoms with Crippen molar-refractivity contribution >= 4 is 5.97 Å². The van der Waals surface area contributed by atoms with E-state index in [9.17, 15) is 4.79 Å². The fourth-order valence-corrected chi connectivity index (χ4v) is 2.30. The van der Waals surface area contributed by atoms with Crippen LogP contribution in [0.3, 0.4) is 0 Å². The van der Waals surface area contributed by atoms with Crippen LogP contribution in [-0.4, -0.2) is 31.1 Å². The van der Waals surface area contributed by atoms with Crippen LogP contribution in [0.4, 0.5) is 0 Å². The molecule has 0 spiro atoms. The van der Waals surface area contributed by atoms with Crippen molar-refractivity contribution in [2.24, 2.45) is 5.92 Å². The second kappa shape index (κ2) is 6.56. The van der Waals surface area contributed by atoms with Crippen molar-refractivity contribution in [2.75, 3.05) is 20.2 Å². The summed E-state index contributed by atoms with van der Waals surface area (Å²) in [6, 6.07) is 0. The summed E-state index contributed by atoms with van der Waals surface area (Å²) in [4.78, 5) is 13.8. The highest BCUT2D eigenvalue weighted by Gasteiger charge is 2.25. The minimum absolute atomic E-state index is 0.0443. The van der Waals surface area contributed by atoms with Crippen LogP contribution < -0.4 is 0 Å². The topological polar surface area (TPSA) is 29.5 Å². The van der Waals surface area contributed by atoms with Gasteiger partial charge in [0.25, 0.3) is 0 Å². The Balaban J connectivity index is 2.48. The van der Waals surface area contributed by atoms with Gasteiger partial charge >= 0.3 is 5.97 Å². The molecule has 3 nitrogen and oxygen atoms in total. The lowest BCUT2D eigenvalue weighted by Gasteiger charge is -2.34. The summed E-state index contributed by atoms with van der Waals surface area (Å²) in [5.41, 5.74) is 1.42. The number of methoxy groups -OCH3 is 1. The maximum atomic E-state index is 11.4. The Morgan fingerprint density at radius 1 is 1.38 bits per heavy atom. The van der Waals surface area contributed by atoms with E-state index in [0.29, 0.717) is 0 Å². The summed E-state index contributed by atoms with van der Waals surface area (Å²) in [6.45, 7) is 6.32. The molecule has 1 aliphatic rings. The predicted molar refractivity (Wildman–Crippen MR) is 65.0 cm³/mol. The maximum Gasteiger partial charge on any atom is 0.308 e. The number of hydrogen-bond acceptors (Lipinski definition) is 3. The Morgan fingerprint density at radius 3 is 2.44 bits per heavy atom. The van der Waals surface area contributed by atoms with Gasteiger partial charge in [-0.15, -0.1) is 0 Å². The highest BCUT2D eigenvalue weighted by atomic mass is 16.5. The number of nitrogens with zero attached hydrogens (tertiary/aromatic N) is 1. The fourth-order valence-electron chi connectivity index (χ4n) is 2.30. The van der Waals surface area contributed by atoms with E-state index < -0.39 is 0 Å². The summed E-state index contributed by atoms with van der Waals surface area (Å²) < 4.78 is 4.79. The van der Waals surface area contributed by atoms with Crippen molar-refractivity contribution in [2.45, 2.75) is 39.5 Å². The molecular formula is C13H23NO2. The molecule has 16 heavy (non-hydrogen) atoms. The average molecular weight is 225 g/mol. The van der Waals surface area contributed by atoms with E-state index >= 15 is 0 Å². The number of ether oxygens (including phenoxy) is 1. The second-order valence-corrected chi connectivity index (χ2v) is 4.24. The van der Waals surface area contributed by atoms with Crippen LogP contribution in [0, 0.1) is 5.92 Å². The zero-order valence-corrected chi connectivity index (χ0v) is 10.7. The summed E-state index contributed by atoms with van der Waals surface area (Å²) >= 11 is 0. The Bertz CT molecular complexity index is 253. The van der Waals surface area contributed by atoms with Gasteiger partial charge in [-0.1, -0.05) is 19.9 Å². The Hall–Kier alpha value is -0.990. The quantitative estimate of drug-likeness (QED) is 0.689. The van der Waals surface area contributed by atoms with E-state index in [4.69, 9.17) is 4.74 Å². The third kappa shape index (κ3) is 3.26. The van der Waals surface area contributed by atoms with Crippen molar-refractivity contribution in [3.8, 4) is 0 Å². The van der Waals surface area contributed by atoms with Gasteiger partial charge in [-0.2, -0.15) is 0 Å². The number of rotatable bonds is 4. The van der Waals surface area contributed by atoms with E-state index in [0.717, 1.165) is 38.8 Å². The highest BCUT2D eigenvalue weighted by molar-refractivity contribution is 5.72. The van der Waals surface area contributed by atoms with E-state index in [-0.39, 0.29) is 11.9 Å². The van der Waals surface area contributed by atoms with Gasteiger partial charge in [0.05, 0.1) is 13.0 Å². The Kier molecular flexibility index (Phi) is 5.36. The van der Waals surface area contributed by atoms with Gasteiger partial charge in [0.1, 0.15) is 0 Å². The standard InChI is InChI=1S/C13H23NO2/c1-4-6-12(5-2)14-9-7-11(8-10-14)13(15)16-3/h6,11H,4-5,7-10H2,1-3H3/b12-6+. The first-order chi connectivity index (χ1) is 7.72. The molecule has 1 heterocycles. The first-order valence-corrected chi connectivity index (χ1v) is 6.24. The summed E-state index contributed by atoms with van der Waals surface area (Å²) in [5, 5.41) is 0. The lowest BCUT2D eigenvalue weighted by atomic mass is 9.96. The third-order valence-corrected chi connectivity index (χ3v) is 3.24. The van der Waals surface area contributed by atoms with Crippen molar-refractivity contribution in [1.29, 1.82) is 0 Å². The molecule has 0 unspecified atom stereocenters. The van der Waals surface area contributed by atoms with Crippen molar-refractivity contribution in [1.82, 2.24) is 4.90 Å². The normalized spacial score (nSPS) is 18.7. The molecule has 0 aromatic heterocycles. The Labute approximate surface area is 98.5 Å². The summed E-state index contributed by atoms with van der Waals surface area (Å²) in [7, 11) is 1.48. The van der Waals surface area contributed by atoms with E-state index in [2.05, 4.69) is 24.8 Å². The molecule has 1 saturated heterocycles. The molecule has 1 rings (SSSR count). The Morgan fingerprint density at radius 2 is 2.00 bits per heavy atom. The minimum Gasteiger partial charge on any atom is -0.469 e. The lowest BCUT2D eigenvalue weighted by Crippen LogP contribution is -2.36. The first kappa shape index (κ1) is 13.1. The van der Waals surface area contributed by atoms with Crippen molar-refractivity contribution in [3.63, 3.8) is 0 Å². The SMILES string of the molecule is CC/C=C(\CC)N1CCC(C(=O)OC)CC1. The van der Waals surface area contributed by atoms with E-state index in [1.807, 2.05) is 0 Å². The molecule has 0 atom stereocenters. The summed E-state index contributed by atoms with van der Waals surface area (Å²) in [5.74, 6) is 0.0677. The van der Waals surface area contributed by atoms with Gasteiger partial charge < -0.3 is 9.64 Å². The van der Waals surface area contributed by atoms with Gasteiger partial charge in [-0.05, 0) is 25.7 Å². The molecule has 0 saturated carbocycles. The molecule has 3 heteroatoms. The van der Waals surface area contributed by atoms with Crippen LogP contribution in [-0.2, 0) is 9.53 Å². The number of piperidine rings is 1. The molecule has 0 amide bonds. The number of carbonyl (C=O) groups is 1. The van der Waals surface area contributed by atoms with E-state index in [1.165, 1.54) is 12.8 Å². The van der Waals surface area contributed by atoms with Gasteiger partial charge in [-0.25, -0.2) is 0 Å². The second-order valence-electron chi connectivity index (χ2n) is 4.24. The third-order valence-electron chi connectivity index (χ3n) is 3.24. The zero-order chi connectivity index (χ0) is 12.0. The molecule has 0 radical (unpaired) electrons. The van der Waals surface area contributed by atoms with Crippen molar-refractivity contribution < 1.29 is 9.53 Å². The van der Waals surface area contributed by atoms with Gasteiger partial charge in [-0.3, -0.25) is 4.79 Å². The number of allylic oxidation sites excluding steroid dienone is 2. The predicted octanol–water partition coefficient (Wildman–Crippen LogP) is 2.58. The number of likely N-dealkylation sites (tertiary alicyclic amines) is 1. The molecular weight excluding hydrogens is 202 g/mol. The van der Waals surface area contributed by atoms with E-state index in [1.54, 1.807) is 0 Å². The average Bonchev–Trinajstić information content (AvgIpc) is 2.35. The van der Waals surface area contributed by atoms with Crippen molar-refractivity contribution in [3.05, 3.63) is 11.8 Å². The highest BCUT2D eigenvalue weighted by Crippen LogP contribution is 2.22. The number of esters is 1.